The number of nitrogens with zero attached hydrogens (tertiary/aromatic N) is 2. The predicted molar refractivity (Wildman–Crippen MR) is 124 cm³/mol. The molecule has 4 rings (SSSR count). The van der Waals surface area contributed by atoms with Crippen LogP contribution in [0.5, 0.6) is 0 Å². The average molecular weight is 477 g/mol. The molecule has 0 aliphatic carbocycles. The Balaban J connectivity index is 1.28. The second-order valence-corrected chi connectivity index (χ2v) is 9.28. The van der Waals surface area contributed by atoms with Crippen LogP contribution in [-0.2, 0) is 22.4 Å². The Hall–Kier alpha value is -2.35. The van der Waals surface area contributed by atoms with Gasteiger partial charge in [0.15, 0.2) is 0 Å². The molecule has 1 amide bonds. The highest BCUT2D eigenvalue weighted by Gasteiger charge is 2.34. The number of benzene rings is 1. The summed E-state index contributed by atoms with van der Waals surface area (Å²) in [6.45, 7) is 3.09. The van der Waals surface area contributed by atoms with Crippen LogP contribution < -0.4 is 10.6 Å². The number of hydrogen-bond donors (Lipinski definition) is 3. The Morgan fingerprint density at radius 2 is 1.97 bits per heavy atom. The van der Waals surface area contributed by atoms with E-state index in [1.165, 1.54) is 5.56 Å². The summed E-state index contributed by atoms with van der Waals surface area (Å²) in [6, 6.07) is 8.40. The van der Waals surface area contributed by atoms with Crippen molar-refractivity contribution in [2.45, 2.75) is 31.7 Å². The number of carboxylic acid groups (broad SMARTS) is 1. The van der Waals surface area contributed by atoms with Crippen LogP contribution in [0.3, 0.4) is 0 Å². The number of aromatic nitrogens is 1. The normalized spacial score (nSPS) is 17.1. The van der Waals surface area contributed by atoms with E-state index >= 15 is 0 Å². The fourth-order valence-corrected chi connectivity index (χ4v) is 4.73. The summed E-state index contributed by atoms with van der Waals surface area (Å²) in [5, 5.41) is 16.3. The number of halogens is 2. The van der Waals surface area contributed by atoms with Crippen LogP contribution in [0.4, 0.5) is 5.82 Å². The Morgan fingerprint density at radius 3 is 2.69 bits per heavy atom. The summed E-state index contributed by atoms with van der Waals surface area (Å²) in [5.74, 6) is -0.326. The van der Waals surface area contributed by atoms with E-state index in [0.29, 0.717) is 28.7 Å². The van der Waals surface area contributed by atoms with Crippen molar-refractivity contribution in [2.75, 3.05) is 31.5 Å². The first-order valence-electron chi connectivity index (χ1n) is 10.8. The molecular weight excluding hydrogens is 451 g/mol. The molecule has 0 bridgehead atoms. The summed E-state index contributed by atoms with van der Waals surface area (Å²) >= 11 is 12.1. The van der Waals surface area contributed by atoms with Gasteiger partial charge in [0.2, 0.25) is 5.91 Å². The van der Waals surface area contributed by atoms with Crippen molar-refractivity contribution in [3.05, 3.63) is 57.2 Å². The molecule has 9 heteroatoms. The molecule has 0 saturated carbocycles. The van der Waals surface area contributed by atoms with Crippen molar-refractivity contribution in [1.82, 2.24) is 15.2 Å². The van der Waals surface area contributed by atoms with Crippen molar-refractivity contribution >= 4 is 40.9 Å². The smallest absolute Gasteiger partial charge is 0.305 e. The van der Waals surface area contributed by atoms with Crippen LogP contribution in [0.25, 0.3) is 0 Å². The highest BCUT2D eigenvalue weighted by Crippen LogP contribution is 2.27. The van der Waals surface area contributed by atoms with Gasteiger partial charge in [0.1, 0.15) is 5.82 Å². The molecule has 0 unspecified atom stereocenters. The van der Waals surface area contributed by atoms with Crippen molar-refractivity contribution in [3.63, 3.8) is 0 Å². The SMILES string of the molecule is O=C(O)C[C@H](NC(=O)C1CN(CCc2ccc3c(n2)NCCC3)C1)c1cc(Cl)cc(Cl)c1. The molecule has 3 N–H and O–H groups in total. The molecule has 1 fully saturated rings. The van der Waals surface area contributed by atoms with Crippen LogP contribution in [0.1, 0.15) is 35.7 Å². The first-order valence-corrected chi connectivity index (χ1v) is 11.6. The summed E-state index contributed by atoms with van der Waals surface area (Å²) in [4.78, 5) is 31.0. The molecule has 1 atom stereocenters. The minimum absolute atomic E-state index is 0.153. The molecule has 1 saturated heterocycles. The lowest BCUT2D eigenvalue weighted by atomic mass is 9.96. The fourth-order valence-electron chi connectivity index (χ4n) is 4.19. The summed E-state index contributed by atoms with van der Waals surface area (Å²) in [5.41, 5.74) is 2.91. The van der Waals surface area contributed by atoms with Gasteiger partial charge in [-0.2, -0.15) is 0 Å². The minimum Gasteiger partial charge on any atom is -0.481 e. The molecule has 2 aromatic rings. The molecule has 7 nitrogen and oxygen atoms in total. The molecule has 2 aliphatic heterocycles. The van der Waals surface area contributed by atoms with Gasteiger partial charge in [-0.3, -0.25) is 9.59 Å². The Morgan fingerprint density at radius 1 is 1.22 bits per heavy atom. The molecule has 0 spiro atoms. The maximum atomic E-state index is 12.7. The molecule has 1 aromatic carbocycles. The van der Waals surface area contributed by atoms with E-state index in [1.54, 1.807) is 18.2 Å². The van der Waals surface area contributed by atoms with E-state index in [4.69, 9.17) is 28.2 Å². The molecule has 32 heavy (non-hydrogen) atoms. The van der Waals surface area contributed by atoms with Crippen LogP contribution >= 0.6 is 23.2 Å². The van der Waals surface area contributed by atoms with Crippen molar-refractivity contribution < 1.29 is 14.7 Å². The van der Waals surface area contributed by atoms with Gasteiger partial charge < -0.3 is 20.6 Å². The van der Waals surface area contributed by atoms with Gasteiger partial charge in [0.05, 0.1) is 18.4 Å². The van der Waals surface area contributed by atoms with E-state index in [2.05, 4.69) is 27.7 Å². The number of aliphatic carboxylic acids is 1. The number of carboxylic acids is 1. The third kappa shape index (κ3) is 5.71. The fraction of sp³-hybridized carbons (Fsp3) is 0.435. The first-order chi connectivity index (χ1) is 15.4. The van der Waals surface area contributed by atoms with Crippen LogP contribution in [0, 0.1) is 5.92 Å². The van der Waals surface area contributed by atoms with E-state index in [1.807, 2.05) is 0 Å². The molecule has 3 heterocycles. The van der Waals surface area contributed by atoms with Crippen LogP contribution in [-0.4, -0.2) is 53.0 Å². The lowest BCUT2D eigenvalue weighted by molar-refractivity contribution is -0.138. The highest BCUT2D eigenvalue weighted by molar-refractivity contribution is 6.34. The van der Waals surface area contributed by atoms with Gasteiger partial charge in [-0.1, -0.05) is 29.3 Å². The second kappa shape index (κ2) is 10.1. The Bertz CT molecular complexity index is 990. The Labute approximate surface area is 197 Å². The maximum absolute atomic E-state index is 12.7. The van der Waals surface area contributed by atoms with E-state index in [0.717, 1.165) is 43.9 Å². The number of nitrogens with one attached hydrogen (secondary N) is 2. The van der Waals surface area contributed by atoms with E-state index in [-0.39, 0.29) is 18.2 Å². The monoisotopic (exact) mass is 476 g/mol. The number of rotatable bonds is 8. The predicted octanol–water partition coefficient (Wildman–Crippen LogP) is 3.55. The van der Waals surface area contributed by atoms with E-state index in [9.17, 15) is 14.7 Å². The quantitative estimate of drug-likeness (QED) is 0.539. The number of carbonyl (C=O) groups excluding carboxylic acids is 1. The van der Waals surface area contributed by atoms with E-state index < -0.39 is 12.0 Å². The zero-order chi connectivity index (χ0) is 22.7. The topological polar surface area (TPSA) is 94.6 Å². The number of amides is 1. The summed E-state index contributed by atoms with van der Waals surface area (Å²) in [7, 11) is 0. The van der Waals surface area contributed by atoms with Gasteiger partial charge in [0.25, 0.3) is 0 Å². The lowest BCUT2D eigenvalue weighted by Crippen LogP contribution is -2.54. The van der Waals surface area contributed by atoms with Crippen molar-refractivity contribution in [1.29, 1.82) is 0 Å². The third-order valence-electron chi connectivity index (χ3n) is 5.95. The number of pyridine rings is 1. The average Bonchev–Trinajstić information content (AvgIpc) is 2.71. The number of fused-ring (bicyclic) bond motifs is 1. The van der Waals surface area contributed by atoms with Crippen molar-refractivity contribution in [2.24, 2.45) is 5.92 Å². The second-order valence-electron chi connectivity index (χ2n) is 8.41. The standard InChI is InChI=1S/C23H26Cl2N4O3/c24-17-8-15(9-18(25)10-17)20(11-21(30)31)28-23(32)16-12-29(13-16)7-5-19-4-3-14-2-1-6-26-22(14)27-19/h3-4,8-10,16,20H,1-2,5-7,11-13H2,(H,26,27)(H,28,32)(H,30,31)/t20-/m0/s1. The lowest BCUT2D eigenvalue weighted by Gasteiger charge is -2.38. The summed E-state index contributed by atoms with van der Waals surface area (Å²) in [6.07, 6.45) is 2.80. The number of aryl methyl sites for hydroxylation is 1. The van der Waals surface area contributed by atoms with Crippen molar-refractivity contribution in [3.8, 4) is 0 Å². The zero-order valence-electron chi connectivity index (χ0n) is 17.6. The number of hydrogen-bond acceptors (Lipinski definition) is 5. The molecule has 170 valence electrons. The van der Waals surface area contributed by atoms with Crippen LogP contribution in [0.15, 0.2) is 30.3 Å². The third-order valence-corrected chi connectivity index (χ3v) is 6.38. The number of carbonyl (C=O) groups is 2. The largest absolute Gasteiger partial charge is 0.481 e. The number of likely N-dealkylation sites (tertiary alicyclic amines) is 1. The van der Waals surface area contributed by atoms with Gasteiger partial charge >= 0.3 is 5.97 Å². The molecular formula is C23H26Cl2N4O3. The molecule has 2 aliphatic rings. The van der Waals surface area contributed by atoms with Gasteiger partial charge in [-0.25, -0.2) is 4.98 Å². The van der Waals surface area contributed by atoms with Gasteiger partial charge in [0, 0.05) is 48.3 Å². The number of anilines is 1. The minimum atomic E-state index is -1.01. The van der Waals surface area contributed by atoms with Gasteiger partial charge in [-0.15, -0.1) is 0 Å². The molecule has 0 radical (unpaired) electrons. The maximum Gasteiger partial charge on any atom is 0.305 e. The van der Waals surface area contributed by atoms with Gasteiger partial charge in [-0.05, 0) is 48.2 Å². The Kier molecular flexibility index (Phi) is 7.18. The zero-order valence-corrected chi connectivity index (χ0v) is 19.1. The summed E-state index contributed by atoms with van der Waals surface area (Å²) < 4.78 is 0. The highest BCUT2D eigenvalue weighted by atomic mass is 35.5. The van der Waals surface area contributed by atoms with Crippen LogP contribution in [0.2, 0.25) is 10.0 Å². The first kappa shape index (κ1) is 22.8. The molecule has 1 aromatic heterocycles.